The summed E-state index contributed by atoms with van der Waals surface area (Å²) in [6, 6.07) is 4.44. The Labute approximate surface area is 131 Å². The molecule has 0 saturated heterocycles. The van der Waals surface area contributed by atoms with E-state index in [-0.39, 0.29) is 22.6 Å². The van der Waals surface area contributed by atoms with Crippen LogP contribution in [-0.2, 0) is 10.0 Å². The summed E-state index contributed by atoms with van der Waals surface area (Å²) < 4.78 is 26.5. The lowest BCUT2D eigenvalue weighted by Crippen LogP contribution is -2.35. The zero-order chi connectivity index (χ0) is 16.0. The van der Waals surface area contributed by atoms with Crippen molar-refractivity contribution in [2.24, 2.45) is 0 Å². The van der Waals surface area contributed by atoms with Crippen LogP contribution in [0.25, 0.3) is 0 Å². The largest absolute Gasteiger partial charge is 0.384 e. The van der Waals surface area contributed by atoms with E-state index in [9.17, 15) is 8.42 Å². The molecule has 1 N–H and O–H groups in total. The van der Waals surface area contributed by atoms with E-state index in [0.29, 0.717) is 5.56 Å². The number of benzene rings is 1. The molecule has 116 valence electrons. The molecule has 0 aliphatic carbocycles. The van der Waals surface area contributed by atoms with Crippen molar-refractivity contribution in [1.82, 2.24) is 4.31 Å². The summed E-state index contributed by atoms with van der Waals surface area (Å²) in [5.74, 6) is 5.19. The molecule has 1 aromatic rings. The van der Waals surface area contributed by atoms with Crippen molar-refractivity contribution < 1.29 is 13.5 Å². The third-order valence-corrected chi connectivity index (χ3v) is 5.68. The first-order chi connectivity index (χ1) is 9.84. The summed E-state index contributed by atoms with van der Waals surface area (Å²) >= 11 is 6.08. The highest BCUT2D eigenvalue weighted by Gasteiger charge is 2.27. The average Bonchev–Trinajstić information content (AvgIpc) is 2.44. The van der Waals surface area contributed by atoms with E-state index in [4.69, 9.17) is 16.7 Å². The van der Waals surface area contributed by atoms with Crippen LogP contribution in [0.1, 0.15) is 32.3 Å². The Morgan fingerprint density at radius 2 is 2.10 bits per heavy atom. The fourth-order valence-corrected chi connectivity index (χ4v) is 3.83. The number of rotatable bonds is 5. The number of aliphatic hydroxyl groups excluding tert-OH is 1. The maximum atomic E-state index is 12.6. The van der Waals surface area contributed by atoms with Crippen molar-refractivity contribution in [3.05, 3.63) is 28.8 Å². The highest BCUT2D eigenvalue weighted by Crippen LogP contribution is 2.26. The van der Waals surface area contributed by atoms with Crippen LogP contribution in [0.15, 0.2) is 23.1 Å². The third kappa shape index (κ3) is 4.45. The predicted molar refractivity (Wildman–Crippen MR) is 84.7 cm³/mol. The summed E-state index contributed by atoms with van der Waals surface area (Å²) in [5.41, 5.74) is 0.567. The van der Waals surface area contributed by atoms with Crippen molar-refractivity contribution in [3.8, 4) is 11.8 Å². The normalized spacial score (nSPS) is 12.9. The second kappa shape index (κ2) is 7.81. The van der Waals surface area contributed by atoms with Gasteiger partial charge < -0.3 is 5.11 Å². The fourth-order valence-electron chi connectivity index (χ4n) is 1.92. The van der Waals surface area contributed by atoms with Crippen LogP contribution in [-0.4, -0.2) is 37.5 Å². The van der Waals surface area contributed by atoms with Gasteiger partial charge in [-0.25, -0.2) is 8.42 Å². The molecular weight excluding hydrogens is 310 g/mol. The van der Waals surface area contributed by atoms with Gasteiger partial charge in [0, 0.05) is 18.7 Å². The van der Waals surface area contributed by atoms with Gasteiger partial charge in [0.15, 0.2) is 0 Å². The van der Waals surface area contributed by atoms with Gasteiger partial charge >= 0.3 is 0 Å². The number of hydrogen-bond acceptors (Lipinski definition) is 3. The first kappa shape index (κ1) is 18.0. The average molecular weight is 330 g/mol. The molecule has 0 amide bonds. The SMILES string of the molecule is CCCC(C)N(C)S(=O)(=O)c1ccc(C#CCO)cc1Cl. The van der Waals surface area contributed by atoms with E-state index >= 15 is 0 Å². The van der Waals surface area contributed by atoms with E-state index < -0.39 is 10.0 Å². The van der Waals surface area contributed by atoms with Gasteiger partial charge in [-0.05, 0) is 31.5 Å². The molecule has 0 aliphatic heterocycles. The zero-order valence-electron chi connectivity index (χ0n) is 12.4. The van der Waals surface area contributed by atoms with Gasteiger partial charge in [-0.1, -0.05) is 36.8 Å². The molecule has 0 heterocycles. The number of halogens is 1. The quantitative estimate of drug-likeness (QED) is 0.844. The molecule has 1 unspecified atom stereocenters. The zero-order valence-corrected chi connectivity index (χ0v) is 14.0. The summed E-state index contributed by atoms with van der Waals surface area (Å²) in [7, 11) is -2.06. The van der Waals surface area contributed by atoms with Crippen LogP contribution in [0.4, 0.5) is 0 Å². The molecule has 0 saturated carbocycles. The summed E-state index contributed by atoms with van der Waals surface area (Å²) in [6.07, 6.45) is 1.69. The number of aliphatic hydroxyl groups is 1. The van der Waals surface area contributed by atoms with Crippen molar-refractivity contribution >= 4 is 21.6 Å². The molecule has 1 atom stereocenters. The van der Waals surface area contributed by atoms with Gasteiger partial charge in [-0.2, -0.15) is 4.31 Å². The van der Waals surface area contributed by atoms with E-state index in [2.05, 4.69) is 11.8 Å². The molecule has 0 aromatic heterocycles. The Morgan fingerprint density at radius 3 is 2.62 bits per heavy atom. The van der Waals surface area contributed by atoms with Crippen LogP contribution >= 0.6 is 11.6 Å². The standard InChI is InChI=1S/C15H20ClNO3S/c1-4-6-12(2)17(3)21(19,20)15-9-8-13(7-5-10-18)11-14(15)16/h8-9,11-12,18H,4,6,10H2,1-3H3. The highest BCUT2D eigenvalue weighted by atomic mass is 35.5. The minimum Gasteiger partial charge on any atom is -0.384 e. The molecule has 0 radical (unpaired) electrons. The van der Waals surface area contributed by atoms with Crippen LogP contribution in [0, 0.1) is 11.8 Å². The van der Waals surface area contributed by atoms with Gasteiger partial charge in [-0.3, -0.25) is 0 Å². The van der Waals surface area contributed by atoms with Crippen molar-refractivity contribution in [2.75, 3.05) is 13.7 Å². The van der Waals surface area contributed by atoms with Crippen molar-refractivity contribution in [3.63, 3.8) is 0 Å². The molecule has 1 aromatic carbocycles. The van der Waals surface area contributed by atoms with Gasteiger partial charge in [0.05, 0.1) is 5.02 Å². The minimum absolute atomic E-state index is 0.0733. The molecule has 21 heavy (non-hydrogen) atoms. The first-order valence-electron chi connectivity index (χ1n) is 6.71. The smallest absolute Gasteiger partial charge is 0.244 e. The maximum absolute atomic E-state index is 12.6. The minimum atomic E-state index is -3.62. The molecule has 0 aliphatic rings. The van der Waals surface area contributed by atoms with E-state index in [1.807, 2.05) is 13.8 Å². The molecule has 0 spiro atoms. The molecule has 4 nitrogen and oxygen atoms in total. The van der Waals surface area contributed by atoms with Gasteiger partial charge in [0.25, 0.3) is 0 Å². The Balaban J connectivity index is 3.15. The number of nitrogens with zero attached hydrogens (tertiary/aromatic N) is 1. The Morgan fingerprint density at radius 1 is 1.43 bits per heavy atom. The second-order valence-corrected chi connectivity index (χ2v) is 7.14. The summed E-state index contributed by atoms with van der Waals surface area (Å²) in [4.78, 5) is 0.0733. The highest BCUT2D eigenvalue weighted by molar-refractivity contribution is 7.89. The van der Waals surface area contributed by atoms with E-state index in [1.165, 1.54) is 16.4 Å². The summed E-state index contributed by atoms with van der Waals surface area (Å²) in [6.45, 7) is 3.63. The number of sulfonamides is 1. The Kier molecular flexibility index (Phi) is 6.69. The second-order valence-electron chi connectivity index (χ2n) is 4.76. The third-order valence-electron chi connectivity index (χ3n) is 3.23. The van der Waals surface area contributed by atoms with Crippen LogP contribution in [0.5, 0.6) is 0 Å². The van der Waals surface area contributed by atoms with Crippen molar-refractivity contribution in [1.29, 1.82) is 0 Å². The molecule has 6 heteroatoms. The molecule has 0 bridgehead atoms. The Hall–Kier alpha value is -1.06. The lowest BCUT2D eigenvalue weighted by atomic mass is 10.2. The topological polar surface area (TPSA) is 57.6 Å². The van der Waals surface area contributed by atoms with Gasteiger partial charge in [-0.15, -0.1) is 0 Å². The molecule has 0 fully saturated rings. The fraction of sp³-hybridized carbons (Fsp3) is 0.467. The van der Waals surface area contributed by atoms with E-state index in [0.717, 1.165) is 12.8 Å². The molecular formula is C15H20ClNO3S. The summed E-state index contributed by atoms with van der Waals surface area (Å²) in [5, 5.41) is 8.79. The van der Waals surface area contributed by atoms with Crippen LogP contribution in [0.3, 0.4) is 0 Å². The lowest BCUT2D eigenvalue weighted by Gasteiger charge is -2.24. The van der Waals surface area contributed by atoms with E-state index in [1.54, 1.807) is 13.1 Å². The predicted octanol–water partition coefficient (Wildman–Crippen LogP) is 2.49. The maximum Gasteiger partial charge on any atom is 0.244 e. The lowest BCUT2D eigenvalue weighted by molar-refractivity contribution is 0.350. The Bertz CT molecular complexity index is 647. The molecule has 1 rings (SSSR count). The van der Waals surface area contributed by atoms with Crippen LogP contribution < -0.4 is 0 Å². The van der Waals surface area contributed by atoms with Gasteiger partial charge in [0.2, 0.25) is 10.0 Å². The number of hydrogen-bond donors (Lipinski definition) is 1. The van der Waals surface area contributed by atoms with Crippen molar-refractivity contribution in [2.45, 2.75) is 37.6 Å². The van der Waals surface area contributed by atoms with Crippen LogP contribution in [0.2, 0.25) is 5.02 Å². The first-order valence-corrected chi connectivity index (χ1v) is 8.53. The monoisotopic (exact) mass is 329 g/mol. The van der Waals surface area contributed by atoms with Gasteiger partial charge in [0.1, 0.15) is 11.5 Å².